The van der Waals surface area contributed by atoms with Crippen LogP contribution < -0.4 is 14.8 Å². The van der Waals surface area contributed by atoms with Crippen LogP contribution in [0, 0.1) is 5.92 Å². The first-order valence-corrected chi connectivity index (χ1v) is 9.26. The maximum absolute atomic E-state index is 12.6. The number of rotatable bonds is 5. The highest BCUT2D eigenvalue weighted by molar-refractivity contribution is 6.31. The van der Waals surface area contributed by atoms with Gasteiger partial charge < -0.3 is 14.8 Å². The Balaban J connectivity index is 1.38. The normalized spacial score (nSPS) is 20.7. The number of carbonyl (C=O) groups excluding carboxylic acids is 1. The van der Waals surface area contributed by atoms with Crippen LogP contribution >= 0.6 is 11.6 Å². The SMILES string of the molecule is CC(C)(CNC(=O)C1CC1c1ccccc1Cl)c1ccc2c(c1)OCO2. The molecule has 26 heavy (non-hydrogen) atoms. The van der Waals surface area contributed by atoms with E-state index in [9.17, 15) is 4.79 Å². The summed E-state index contributed by atoms with van der Waals surface area (Å²) in [6.07, 6.45) is 0.861. The first-order chi connectivity index (χ1) is 12.5. The number of nitrogens with one attached hydrogen (secondary N) is 1. The summed E-state index contributed by atoms with van der Waals surface area (Å²) < 4.78 is 10.8. The average molecular weight is 372 g/mol. The van der Waals surface area contributed by atoms with Gasteiger partial charge in [-0.15, -0.1) is 0 Å². The lowest BCUT2D eigenvalue weighted by atomic mass is 9.84. The largest absolute Gasteiger partial charge is 0.454 e. The van der Waals surface area contributed by atoms with Crippen LogP contribution in [-0.2, 0) is 10.2 Å². The van der Waals surface area contributed by atoms with Crippen molar-refractivity contribution in [1.82, 2.24) is 5.32 Å². The van der Waals surface area contributed by atoms with Crippen LogP contribution in [0.3, 0.4) is 0 Å². The van der Waals surface area contributed by atoms with Gasteiger partial charge in [-0.25, -0.2) is 0 Å². The molecule has 1 fully saturated rings. The van der Waals surface area contributed by atoms with Crippen LogP contribution in [0.5, 0.6) is 11.5 Å². The lowest BCUT2D eigenvalue weighted by molar-refractivity contribution is -0.122. The Labute approximate surface area is 158 Å². The van der Waals surface area contributed by atoms with E-state index in [1.54, 1.807) is 0 Å². The molecule has 0 spiro atoms. The van der Waals surface area contributed by atoms with E-state index in [1.165, 1.54) is 0 Å². The smallest absolute Gasteiger partial charge is 0.231 e. The van der Waals surface area contributed by atoms with E-state index in [4.69, 9.17) is 21.1 Å². The highest BCUT2D eigenvalue weighted by Gasteiger charge is 2.45. The summed E-state index contributed by atoms with van der Waals surface area (Å²) in [5, 5.41) is 3.86. The molecule has 0 radical (unpaired) electrons. The minimum atomic E-state index is -0.203. The lowest BCUT2D eigenvalue weighted by Crippen LogP contribution is -2.37. The molecular weight excluding hydrogens is 350 g/mol. The fourth-order valence-electron chi connectivity index (χ4n) is 3.46. The number of fused-ring (bicyclic) bond motifs is 1. The molecule has 4 nitrogen and oxygen atoms in total. The Kier molecular flexibility index (Phi) is 4.31. The third-order valence-corrected chi connectivity index (χ3v) is 5.63. The van der Waals surface area contributed by atoms with Gasteiger partial charge in [0.15, 0.2) is 11.5 Å². The molecule has 1 N–H and O–H groups in total. The van der Waals surface area contributed by atoms with E-state index in [1.807, 2.05) is 42.5 Å². The summed E-state index contributed by atoms with van der Waals surface area (Å²) in [4.78, 5) is 12.6. The standard InChI is InChI=1S/C21H22ClNO3/c1-21(2,13-7-8-18-19(9-13)26-12-25-18)11-23-20(24)16-10-15(16)14-5-3-4-6-17(14)22/h3-9,15-16H,10-12H2,1-2H3,(H,23,24). The molecule has 1 aliphatic heterocycles. The molecule has 1 aliphatic carbocycles. The maximum atomic E-state index is 12.6. The van der Waals surface area contributed by atoms with Crippen LogP contribution in [0.25, 0.3) is 0 Å². The van der Waals surface area contributed by atoms with Crippen molar-refractivity contribution in [1.29, 1.82) is 0 Å². The van der Waals surface area contributed by atoms with Gasteiger partial charge in [0.05, 0.1) is 0 Å². The Morgan fingerprint density at radius 3 is 2.77 bits per heavy atom. The monoisotopic (exact) mass is 371 g/mol. The molecule has 4 rings (SSSR count). The molecule has 2 aliphatic rings. The summed E-state index contributed by atoms with van der Waals surface area (Å²) in [6.45, 7) is 5.06. The Morgan fingerprint density at radius 2 is 1.96 bits per heavy atom. The Hall–Kier alpha value is -2.20. The van der Waals surface area contributed by atoms with Gasteiger partial charge in [0.1, 0.15) is 0 Å². The van der Waals surface area contributed by atoms with E-state index < -0.39 is 0 Å². The predicted octanol–water partition coefficient (Wildman–Crippen LogP) is 4.27. The number of amides is 1. The highest BCUT2D eigenvalue weighted by Crippen LogP contribution is 2.49. The molecule has 0 aromatic heterocycles. The number of hydrogen-bond donors (Lipinski definition) is 1. The van der Waals surface area contributed by atoms with Gasteiger partial charge in [0.2, 0.25) is 12.7 Å². The maximum Gasteiger partial charge on any atom is 0.231 e. The third-order valence-electron chi connectivity index (χ3n) is 5.29. The molecule has 2 unspecified atom stereocenters. The number of benzene rings is 2. The fourth-order valence-corrected chi connectivity index (χ4v) is 3.74. The number of hydrogen-bond acceptors (Lipinski definition) is 3. The number of halogens is 1. The Bertz CT molecular complexity index is 849. The third kappa shape index (κ3) is 3.26. The zero-order valence-corrected chi connectivity index (χ0v) is 15.7. The summed E-state index contributed by atoms with van der Waals surface area (Å²) in [5.74, 6) is 1.89. The van der Waals surface area contributed by atoms with Crippen molar-refractivity contribution < 1.29 is 14.3 Å². The van der Waals surface area contributed by atoms with Gasteiger partial charge in [0.25, 0.3) is 0 Å². The quantitative estimate of drug-likeness (QED) is 0.853. The van der Waals surface area contributed by atoms with Crippen LogP contribution in [0.2, 0.25) is 5.02 Å². The van der Waals surface area contributed by atoms with Crippen molar-refractivity contribution >= 4 is 17.5 Å². The van der Waals surface area contributed by atoms with Gasteiger partial charge in [-0.05, 0) is 41.7 Å². The first-order valence-electron chi connectivity index (χ1n) is 8.88. The second-order valence-corrected chi connectivity index (χ2v) is 8.05. The van der Waals surface area contributed by atoms with Gasteiger partial charge in [0, 0.05) is 22.9 Å². The van der Waals surface area contributed by atoms with Crippen molar-refractivity contribution in [3.05, 3.63) is 58.6 Å². The molecule has 2 atom stereocenters. The summed E-state index contributed by atoms with van der Waals surface area (Å²) in [5.41, 5.74) is 1.98. The summed E-state index contributed by atoms with van der Waals surface area (Å²) >= 11 is 6.25. The molecule has 5 heteroatoms. The Morgan fingerprint density at radius 1 is 1.19 bits per heavy atom. The van der Waals surface area contributed by atoms with E-state index in [2.05, 4.69) is 19.2 Å². The van der Waals surface area contributed by atoms with E-state index >= 15 is 0 Å². The van der Waals surface area contributed by atoms with Gasteiger partial charge in [-0.3, -0.25) is 4.79 Å². The first kappa shape index (κ1) is 17.2. The molecule has 2 aromatic rings. The topological polar surface area (TPSA) is 47.6 Å². The van der Waals surface area contributed by atoms with E-state index in [-0.39, 0.29) is 30.0 Å². The molecular formula is C21H22ClNO3. The lowest BCUT2D eigenvalue weighted by Gasteiger charge is -2.26. The minimum Gasteiger partial charge on any atom is -0.454 e. The van der Waals surface area contributed by atoms with E-state index in [0.717, 1.165) is 34.1 Å². The van der Waals surface area contributed by atoms with Crippen molar-refractivity contribution in [2.24, 2.45) is 5.92 Å². The van der Waals surface area contributed by atoms with Crippen LogP contribution in [0.4, 0.5) is 0 Å². The second-order valence-electron chi connectivity index (χ2n) is 7.64. The van der Waals surface area contributed by atoms with Gasteiger partial charge in [-0.1, -0.05) is 49.7 Å². The highest BCUT2D eigenvalue weighted by atomic mass is 35.5. The van der Waals surface area contributed by atoms with Crippen molar-refractivity contribution in [2.45, 2.75) is 31.6 Å². The summed E-state index contributed by atoms with van der Waals surface area (Å²) in [6, 6.07) is 13.7. The zero-order valence-electron chi connectivity index (χ0n) is 14.9. The minimum absolute atomic E-state index is 0.0162. The zero-order chi connectivity index (χ0) is 18.3. The molecule has 0 bridgehead atoms. The molecule has 136 valence electrons. The van der Waals surface area contributed by atoms with Crippen molar-refractivity contribution in [3.63, 3.8) is 0 Å². The number of ether oxygens (including phenoxy) is 2. The van der Waals surface area contributed by atoms with Crippen molar-refractivity contribution in [2.75, 3.05) is 13.3 Å². The van der Waals surface area contributed by atoms with Gasteiger partial charge >= 0.3 is 0 Å². The van der Waals surface area contributed by atoms with E-state index in [0.29, 0.717) is 6.54 Å². The van der Waals surface area contributed by atoms with Crippen LogP contribution in [0.1, 0.15) is 37.3 Å². The number of carbonyl (C=O) groups is 1. The molecule has 1 saturated carbocycles. The molecule has 1 heterocycles. The average Bonchev–Trinajstić information content (AvgIpc) is 3.28. The van der Waals surface area contributed by atoms with Crippen LogP contribution in [0.15, 0.2) is 42.5 Å². The predicted molar refractivity (Wildman–Crippen MR) is 101 cm³/mol. The van der Waals surface area contributed by atoms with Crippen molar-refractivity contribution in [3.8, 4) is 11.5 Å². The molecule has 0 saturated heterocycles. The summed E-state index contributed by atoms with van der Waals surface area (Å²) in [7, 11) is 0. The molecule has 1 amide bonds. The van der Waals surface area contributed by atoms with Crippen LogP contribution in [-0.4, -0.2) is 19.2 Å². The van der Waals surface area contributed by atoms with Gasteiger partial charge in [-0.2, -0.15) is 0 Å². The fraction of sp³-hybridized carbons (Fsp3) is 0.381. The second kappa shape index (κ2) is 6.51. The molecule has 2 aromatic carbocycles.